The van der Waals surface area contributed by atoms with Gasteiger partial charge < -0.3 is 21.1 Å². The van der Waals surface area contributed by atoms with E-state index in [1.807, 2.05) is 0 Å². The van der Waals surface area contributed by atoms with Crippen LogP contribution in [-0.2, 0) is 14.3 Å². The fourth-order valence-corrected chi connectivity index (χ4v) is 2.14. The summed E-state index contributed by atoms with van der Waals surface area (Å²) in [6.45, 7) is 1.45. The molecule has 1 heterocycles. The number of nitrogens with two attached hydrogens (primary N) is 1. The van der Waals surface area contributed by atoms with Crippen molar-refractivity contribution in [3.8, 4) is 0 Å². The zero-order valence-electron chi connectivity index (χ0n) is 10.5. The monoisotopic (exact) mass is 255 g/mol. The third-order valence-electron chi connectivity index (χ3n) is 3.67. The van der Waals surface area contributed by atoms with Crippen LogP contribution in [0.15, 0.2) is 0 Å². The molecule has 102 valence electrons. The first-order chi connectivity index (χ1) is 8.66. The molecule has 1 saturated heterocycles. The molecule has 18 heavy (non-hydrogen) atoms. The predicted molar refractivity (Wildman–Crippen MR) is 65.7 cm³/mol. The van der Waals surface area contributed by atoms with Gasteiger partial charge in [-0.25, -0.2) is 0 Å². The summed E-state index contributed by atoms with van der Waals surface area (Å²) in [6.07, 6.45) is 3.34. The topological polar surface area (TPSA) is 93.5 Å². The van der Waals surface area contributed by atoms with Crippen molar-refractivity contribution in [2.24, 2.45) is 11.1 Å². The number of carbonyl (C=O) groups is 2. The molecule has 4 N–H and O–H groups in total. The molecule has 1 saturated carbocycles. The van der Waals surface area contributed by atoms with Gasteiger partial charge >= 0.3 is 0 Å². The molecule has 0 aromatic rings. The highest BCUT2D eigenvalue weighted by Crippen LogP contribution is 2.29. The van der Waals surface area contributed by atoms with E-state index in [9.17, 15) is 9.59 Å². The van der Waals surface area contributed by atoms with Crippen molar-refractivity contribution in [2.75, 3.05) is 26.3 Å². The minimum absolute atomic E-state index is 0.0396. The summed E-state index contributed by atoms with van der Waals surface area (Å²) in [4.78, 5) is 23.6. The van der Waals surface area contributed by atoms with E-state index in [2.05, 4.69) is 10.6 Å². The summed E-state index contributed by atoms with van der Waals surface area (Å²) in [7, 11) is 0. The van der Waals surface area contributed by atoms with Gasteiger partial charge in [-0.05, 0) is 25.7 Å². The maximum atomic E-state index is 12.1. The summed E-state index contributed by atoms with van der Waals surface area (Å²) < 4.78 is 5.25. The third-order valence-corrected chi connectivity index (χ3v) is 3.67. The molecule has 1 aliphatic carbocycles. The summed E-state index contributed by atoms with van der Waals surface area (Å²) in [5.74, 6) is -0.246. The molecule has 0 aromatic carbocycles. The maximum Gasteiger partial charge on any atom is 0.239 e. The first kappa shape index (κ1) is 13.3. The van der Waals surface area contributed by atoms with Crippen LogP contribution in [0.5, 0.6) is 0 Å². The lowest BCUT2D eigenvalue weighted by molar-refractivity contribution is -0.137. The van der Waals surface area contributed by atoms with Gasteiger partial charge in [-0.1, -0.05) is 0 Å². The summed E-state index contributed by atoms with van der Waals surface area (Å²) in [5, 5.41) is 5.52. The van der Waals surface area contributed by atoms with E-state index in [1.165, 1.54) is 0 Å². The van der Waals surface area contributed by atoms with Crippen molar-refractivity contribution in [1.82, 2.24) is 10.6 Å². The maximum absolute atomic E-state index is 12.1. The van der Waals surface area contributed by atoms with Crippen molar-refractivity contribution in [2.45, 2.75) is 31.7 Å². The van der Waals surface area contributed by atoms with Crippen LogP contribution in [0.25, 0.3) is 0 Å². The number of amides is 2. The lowest BCUT2D eigenvalue weighted by atomic mass is 9.79. The van der Waals surface area contributed by atoms with Crippen molar-refractivity contribution < 1.29 is 14.3 Å². The number of carbonyl (C=O) groups excluding carboxylic acids is 2. The Morgan fingerprint density at radius 1 is 1.28 bits per heavy atom. The van der Waals surface area contributed by atoms with Gasteiger partial charge in [-0.15, -0.1) is 0 Å². The number of rotatable bonds is 5. The highest BCUT2D eigenvalue weighted by Gasteiger charge is 2.38. The molecule has 2 rings (SSSR count). The summed E-state index contributed by atoms with van der Waals surface area (Å²) >= 11 is 0. The van der Waals surface area contributed by atoms with Gasteiger partial charge in [0.25, 0.3) is 0 Å². The van der Waals surface area contributed by atoms with Crippen LogP contribution in [0.1, 0.15) is 25.7 Å². The zero-order chi connectivity index (χ0) is 13.0. The minimum atomic E-state index is -0.557. The fraction of sp³-hybridized carbons (Fsp3) is 0.833. The van der Waals surface area contributed by atoms with Crippen LogP contribution in [0, 0.1) is 5.41 Å². The Kier molecular flexibility index (Phi) is 4.19. The molecule has 2 fully saturated rings. The first-order valence-corrected chi connectivity index (χ1v) is 6.52. The average Bonchev–Trinajstić information content (AvgIpc) is 3.20. The molecule has 1 aliphatic heterocycles. The summed E-state index contributed by atoms with van der Waals surface area (Å²) in [5.41, 5.74) is 5.16. The average molecular weight is 255 g/mol. The Labute approximate surface area is 107 Å². The Hall–Kier alpha value is -1.14. The largest absolute Gasteiger partial charge is 0.381 e. The van der Waals surface area contributed by atoms with Crippen molar-refractivity contribution >= 4 is 11.8 Å². The zero-order valence-corrected chi connectivity index (χ0v) is 10.5. The van der Waals surface area contributed by atoms with Crippen LogP contribution in [0.4, 0.5) is 0 Å². The highest BCUT2D eigenvalue weighted by molar-refractivity contribution is 5.88. The van der Waals surface area contributed by atoms with Crippen LogP contribution < -0.4 is 16.4 Å². The van der Waals surface area contributed by atoms with Crippen molar-refractivity contribution in [1.29, 1.82) is 0 Å². The van der Waals surface area contributed by atoms with Crippen molar-refractivity contribution in [3.05, 3.63) is 0 Å². The van der Waals surface area contributed by atoms with Gasteiger partial charge in [0.05, 0.1) is 12.0 Å². The Balaban J connectivity index is 1.79. The predicted octanol–water partition coefficient (Wildman–Crippen LogP) is -0.863. The SMILES string of the molecule is NCC1(C(=O)NCC(=O)NC2CC2)CCOCC1. The smallest absolute Gasteiger partial charge is 0.239 e. The second kappa shape index (κ2) is 5.67. The minimum Gasteiger partial charge on any atom is -0.381 e. The Bertz CT molecular complexity index is 323. The van der Waals surface area contributed by atoms with E-state index in [0.29, 0.717) is 38.6 Å². The van der Waals surface area contributed by atoms with Crippen LogP contribution in [0.3, 0.4) is 0 Å². The third kappa shape index (κ3) is 3.20. The number of hydrogen-bond acceptors (Lipinski definition) is 4. The molecule has 2 amide bonds. The molecule has 0 atom stereocenters. The molecule has 0 unspecified atom stereocenters. The number of ether oxygens (including phenoxy) is 1. The van der Waals surface area contributed by atoms with Gasteiger partial charge in [-0.3, -0.25) is 9.59 Å². The van der Waals surface area contributed by atoms with Gasteiger partial charge in [-0.2, -0.15) is 0 Å². The van der Waals surface area contributed by atoms with Gasteiger partial charge in [0.1, 0.15) is 0 Å². The van der Waals surface area contributed by atoms with Crippen LogP contribution in [-0.4, -0.2) is 44.2 Å². The van der Waals surface area contributed by atoms with E-state index < -0.39 is 5.41 Å². The molecule has 0 aromatic heterocycles. The Morgan fingerprint density at radius 2 is 1.94 bits per heavy atom. The highest BCUT2D eigenvalue weighted by atomic mass is 16.5. The van der Waals surface area contributed by atoms with Crippen LogP contribution >= 0.6 is 0 Å². The van der Waals surface area contributed by atoms with Gasteiger partial charge in [0.2, 0.25) is 11.8 Å². The standard InChI is InChI=1S/C12H21N3O3/c13-8-12(3-5-18-6-4-12)11(17)14-7-10(16)15-9-1-2-9/h9H,1-8,13H2,(H,14,17)(H,15,16). The van der Waals surface area contributed by atoms with E-state index in [4.69, 9.17) is 10.5 Å². The second-order valence-electron chi connectivity index (χ2n) is 5.12. The Morgan fingerprint density at radius 3 is 2.50 bits per heavy atom. The van der Waals surface area contributed by atoms with E-state index >= 15 is 0 Å². The fourth-order valence-electron chi connectivity index (χ4n) is 2.14. The number of nitrogens with one attached hydrogen (secondary N) is 2. The normalized spacial score (nSPS) is 22.3. The molecule has 6 heteroatoms. The molecule has 2 aliphatic rings. The van der Waals surface area contributed by atoms with Gasteiger partial charge in [0.15, 0.2) is 0 Å². The lowest BCUT2D eigenvalue weighted by Gasteiger charge is -2.34. The lowest BCUT2D eigenvalue weighted by Crippen LogP contribution is -2.51. The quantitative estimate of drug-likeness (QED) is 0.596. The molecule has 6 nitrogen and oxygen atoms in total. The van der Waals surface area contributed by atoms with E-state index in [0.717, 1.165) is 12.8 Å². The van der Waals surface area contributed by atoms with Crippen molar-refractivity contribution in [3.63, 3.8) is 0 Å². The second-order valence-corrected chi connectivity index (χ2v) is 5.12. The summed E-state index contributed by atoms with van der Waals surface area (Å²) in [6, 6.07) is 0.320. The molecular formula is C12H21N3O3. The van der Waals surface area contributed by atoms with Crippen LogP contribution in [0.2, 0.25) is 0 Å². The molecule has 0 spiro atoms. The molecular weight excluding hydrogens is 234 g/mol. The molecule has 0 radical (unpaired) electrons. The molecule has 0 bridgehead atoms. The first-order valence-electron chi connectivity index (χ1n) is 6.52. The van der Waals surface area contributed by atoms with E-state index in [-0.39, 0.29) is 18.4 Å². The number of hydrogen-bond donors (Lipinski definition) is 3. The van der Waals surface area contributed by atoms with Gasteiger partial charge in [0, 0.05) is 25.8 Å². The van der Waals surface area contributed by atoms with E-state index in [1.54, 1.807) is 0 Å².